The quantitative estimate of drug-likeness (QED) is 0.692. The van der Waals surface area contributed by atoms with Gasteiger partial charge in [0.2, 0.25) is 0 Å². The van der Waals surface area contributed by atoms with E-state index >= 15 is 0 Å². The van der Waals surface area contributed by atoms with Crippen molar-refractivity contribution in [2.24, 2.45) is 0 Å². The third-order valence-corrected chi connectivity index (χ3v) is 3.44. The summed E-state index contributed by atoms with van der Waals surface area (Å²) in [6.07, 6.45) is 2.27. The first-order valence-electron chi connectivity index (χ1n) is 6.93. The zero-order chi connectivity index (χ0) is 13.2. The van der Waals surface area contributed by atoms with E-state index in [-0.39, 0.29) is 0 Å². The molecule has 0 aromatic heterocycles. The van der Waals surface area contributed by atoms with Gasteiger partial charge in [0.15, 0.2) is 0 Å². The lowest BCUT2D eigenvalue weighted by Gasteiger charge is -2.17. The summed E-state index contributed by atoms with van der Waals surface area (Å²) in [5.74, 6) is 0. The van der Waals surface area contributed by atoms with E-state index in [0.717, 1.165) is 37.6 Å². The first-order valence-corrected chi connectivity index (χ1v) is 7.31. The summed E-state index contributed by atoms with van der Waals surface area (Å²) in [5.41, 5.74) is 1.30. The maximum Gasteiger partial charge on any atom is 0.0408 e. The van der Waals surface area contributed by atoms with Crippen LogP contribution >= 0.6 is 11.6 Å². The molecule has 1 rings (SSSR count). The van der Waals surface area contributed by atoms with E-state index in [1.165, 1.54) is 18.5 Å². The standard InChI is InChI=1S/C15H25ClN2/c1-3-18(4-2)12-6-10-17-11-9-14-7-5-8-15(16)13-14/h5,7-8,13,17H,3-4,6,9-12H2,1-2H3. The van der Waals surface area contributed by atoms with Crippen LogP contribution in [-0.2, 0) is 6.42 Å². The van der Waals surface area contributed by atoms with Crippen LogP contribution in [0.2, 0.25) is 5.02 Å². The smallest absolute Gasteiger partial charge is 0.0408 e. The summed E-state index contributed by atoms with van der Waals surface area (Å²) in [7, 11) is 0. The van der Waals surface area contributed by atoms with Crippen molar-refractivity contribution >= 4 is 11.6 Å². The van der Waals surface area contributed by atoms with E-state index in [1.807, 2.05) is 18.2 Å². The van der Waals surface area contributed by atoms with Crippen molar-refractivity contribution in [1.82, 2.24) is 10.2 Å². The topological polar surface area (TPSA) is 15.3 Å². The second-order valence-electron chi connectivity index (χ2n) is 4.51. The molecule has 1 N–H and O–H groups in total. The Bertz CT molecular complexity index is 324. The maximum absolute atomic E-state index is 5.95. The first-order chi connectivity index (χ1) is 8.76. The van der Waals surface area contributed by atoms with E-state index in [4.69, 9.17) is 11.6 Å². The molecule has 3 heteroatoms. The molecule has 1 aromatic carbocycles. The Labute approximate surface area is 116 Å². The molecule has 0 bridgehead atoms. The predicted molar refractivity (Wildman–Crippen MR) is 80.4 cm³/mol. The minimum Gasteiger partial charge on any atom is -0.316 e. The van der Waals surface area contributed by atoms with E-state index < -0.39 is 0 Å². The van der Waals surface area contributed by atoms with Gasteiger partial charge in [0.1, 0.15) is 0 Å². The fourth-order valence-corrected chi connectivity index (χ4v) is 2.23. The van der Waals surface area contributed by atoms with Gasteiger partial charge in [-0.3, -0.25) is 0 Å². The van der Waals surface area contributed by atoms with Crippen LogP contribution in [0.15, 0.2) is 24.3 Å². The van der Waals surface area contributed by atoms with Gasteiger partial charge in [0, 0.05) is 5.02 Å². The van der Waals surface area contributed by atoms with E-state index in [1.54, 1.807) is 0 Å². The number of nitrogens with zero attached hydrogens (tertiary/aromatic N) is 1. The second kappa shape index (κ2) is 9.37. The highest BCUT2D eigenvalue weighted by Crippen LogP contribution is 2.10. The Morgan fingerprint density at radius 2 is 1.94 bits per heavy atom. The van der Waals surface area contributed by atoms with Crippen LogP contribution in [0.1, 0.15) is 25.8 Å². The van der Waals surface area contributed by atoms with Crippen molar-refractivity contribution in [3.63, 3.8) is 0 Å². The highest BCUT2D eigenvalue weighted by molar-refractivity contribution is 6.30. The molecule has 0 fully saturated rings. The van der Waals surface area contributed by atoms with Crippen molar-refractivity contribution in [3.05, 3.63) is 34.9 Å². The first kappa shape index (κ1) is 15.5. The van der Waals surface area contributed by atoms with Gasteiger partial charge in [0.05, 0.1) is 0 Å². The molecular weight excluding hydrogens is 244 g/mol. The molecular formula is C15H25ClN2. The molecule has 0 atom stereocenters. The van der Waals surface area contributed by atoms with Crippen LogP contribution < -0.4 is 5.32 Å². The molecule has 0 spiro atoms. The number of nitrogens with one attached hydrogen (secondary N) is 1. The van der Waals surface area contributed by atoms with Crippen LogP contribution in [-0.4, -0.2) is 37.6 Å². The van der Waals surface area contributed by atoms with Gasteiger partial charge in [-0.15, -0.1) is 0 Å². The van der Waals surface area contributed by atoms with Crippen LogP contribution in [0.5, 0.6) is 0 Å². The van der Waals surface area contributed by atoms with E-state index in [0.29, 0.717) is 0 Å². The zero-order valence-corrected chi connectivity index (χ0v) is 12.3. The van der Waals surface area contributed by atoms with Gasteiger partial charge in [-0.1, -0.05) is 37.6 Å². The number of hydrogen-bond donors (Lipinski definition) is 1. The molecule has 0 amide bonds. The fraction of sp³-hybridized carbons (Fsp3) is 0.600. The lowest BCUT2D eigenvalue weighted by molar-refractivity contribution is 0.298. The van der Waals surface area contributed by atoms with Gasteiger partial charge < -0.3 is 10.2 Å². The van der Waals surface area contributed by atoms with Crippen molar-refractivity contribution < 1.29 is 0 Å². The van der Waals surface area contributed by atoms with Crippen molar-refractivity contribution in [2.45, 2.75) is 26.7 Å². The average molecular weight is 269 g/mol. The molecule has 0 heterocycles. The number of benzene rings is 1. The van der Waals surface area contributed by atoms with Crippen molar-refractivity contribution in [2.75, 3.05) is 32.7 Å². The summed E-state index contributed by atoms with van der Waals surface area (Å²) in [6, 6.07) is 8.10. The lowest BCUT2D eigenvalue weighted by atomic mass is 10.1. The maximum atomic E-state index is 5.95. The molecule has 0 unspecified atom stereocenters. The Kier molecular flexibility index (Phi) is 8.06. The fourth-order valence-electron chi connectivity index (χ4n) is 2.02. The second-order valence-corrected chi connectivity index (χ2v) is 4.95. The minimum atomic E-state index is 0.828. The van der Waals surface area contributed by atoms with E-state index in [2.05, 4.69) is 30.1 Å². The van der Waals surface area contributed by atoms with Crippen LogP contribution in [0.3, 0.4) is 0 Å². The summed E-state index contributed by atoms with van der Waals surface area (Å²) in [4.78, 5) is 2.46. The van der Waals surface area contributed by atoms with E-state index in [9.17, 15) is 0 Å². The summed E-state index contributed by atoms with van der Waals surface area (Å²) in [6.45, 7) is 10.1. The Morgan fingerprint density at radius 1 is 1.17 bits per heavy atom. The number of halogens is 1. The molecule has 102 valence electrons. The molecule has 0 aliphatic carbocycles. The van der Waals surface area contributed by atoms with Crippen molar-refractivity contribution in [3.8, 4) is 0 Å². The van der Waals surface area contributed by atoms with Gasteiger partial charge in [-0.25, -0.2) is 0 Å². The van der Waals surface area contributed by atoms with Crippen molar-refractivity contribution in [1.29, 1.82) is 0 Å². The molecule has 0 radical (unpaired) electrons. The monoisotopic (exact) mass is 268 g/mol. The SMILES string of the molecule is CCN(CC)CCCNCCc1cccc(Cl)c1. The molecule has 2 nitrogen and oxygen atoms in total. The molecule has 1 aromatic rings. The normalized spacial score (nSPS) is 11.1. The largest absolute Gasteiger partial charge is 0.316 e. The highest BCUT2D eigenvalue weighted by Gasteiger charge is 1.98. The van der Waals surface area contributed by atoms with Crippen LogP contribution in [0.4, 0.5) is 0 Å². The molecule has 18 heavy (non-hydrogen) atoms. The van der Waals surface area contributed by atoms with Gasteiger partial charge >= 0.3 is 0 Å². The van der Waals surface area contributed by atoms with Crippen LogP contribution in [0, 0.1) is 0 Å². The summed E-state index contributed by atoms with van der Waals surface area (Å²) >= 11 is 5.95. The summed E-state index contributed by atoms with van der Waals surface area (Å²) in [5, 5.41) is 4.31. The third kappa shape index (κ3) is 6.39. The Hall–Kier alpha value is -0.570. The molecule has 0 saturated heterocycles. The van der Waals surface area contributed by atoms with Gasteiger partial charge in [-0.2, -0.15) is 0 Å². The number of hydrogen-bond acceptors (Lipinski definition) is 2. The zero-order valence-electron chi connectivity index (χ0n) is 11.6. The third-order valence-electron chi connectivity index (χ3n) is 3.20. The lowest BCUT2D eigenvalue weighted by Crippen LogP contribution is -2.27. The predicted octanol–water partition coefficient (Wildman–Crippen LogP) is 3.20. The Morgan fingerprint density at radius 3 is 2.61 bits per heavy atom. The number of rotatable bonds is 9. The average Bonchev–Trinajstić information content (AvgIpc) is 2.38. The molecule has 0 aliphatic heterocycles. The van der Waals surface area contributed by atoms with Crippen LogP contribution in [0.25, 0.3) is 0 Å². The van der Waals surface area contributed by atoms with Gasteiger partial charge in [-0.05, 0) is 63.3 Å². The molecule has 0 aliphatic rings. The van der Waals surface area contributed by atoms with Gasteiger partial charge in [0.25, 0.3) is 0 Å². The summed E-state index contributed by atoms with van der Waals surface area (Å²) < 4.78 is 0. The molecule has 0 saturated carbocycles. The minimum absolute atomic E-state index is 0.828. The Balaban J connectivity index is 2.05. The highest BCUT2D eigenvalue weighted by atomic mass is 35.5.